The molecule has 0 aliphatic carbocycles. The van der Waals surface area contributed by atoms with Gasteiger partial charge in [-0.3, -0.25) is 0 Å². The topological polar surface area (TPSA) is 80.3 Å². The van der Waals surface area contributed by atoms with Crippen LogP contribution in [0.1, 0.15) is 30.5 Å². The van der Waals surface area contributed by atoms with Gasteiger partial charge in [-0.1, -0.05) is 23.8 Å². The number of carboxylic acids is 2. The number of rotatable bonds is 0. The van der Waals surface area contributed by atoms with Crippen LogP contribution >= 0.6 is 0 Å². The van der Waals surface area contributed by atoms with Gasteiger partial charge in [0.2, 0.25) is 0 Å². The molecule has 0 N–H and O–H groups in total. The Bertz CT molecular complexity index is 355. The Morgan fingerprint density at radius 3 is 1.44 bits per heavy atom. The number of hydrogen-bond donors (Lipinski definition) is 0. The summed E-state index contributed by atoms with van der Waals surface area (Å²) in [6, 6.07) is 6.50. The molecule has 0 saturated carbocycles. The molecule has 0 unspecified atom stereocenters. The quantitative estimate of drug-likeness (QED) is 0.516. The van der Waals surface area contributed by atoms with Crippen molar-refractivity contribution in [3.63, 3.8) is 0 Å². The number of carbonyl (C=O) groups excluding carboxylic acids is 2. The molecule has 0 fully saturated rings. The standard InChI is InChI=1S/C9H12.2C2H4O2.Pb/c1-7-4-5-8(2)9(3)6-7;2*1-2(3)4;/h4-6H,1-3H3;2*1H3,(H,3,4);/q;;;+2/p-2. The number of benzene rings is 1. The zero-order valence-electron chi connectivity index (χ0n) is 11.4. The molecular weight excluding hydrogens is 427 g/mol. The van der Waals surface area contributed by atoms with Crippen LogP contribution in [0.25, 0.3) is 0 Å². The Morgan fingerprint density at radius 2 is 1.22 bits per heavy atom. The van der Waals surface area contributed by atoms with Crippen molar-refractivity contribution in [2.45, 2.75) is 34.6 Å². The first-order valence-corrected chi connectivity index (χ1v) is 5.05. The molecule has 0 atom stereocenters. The van der Waals surface area contributed by atoms with Gasteiger partial charge in [0.15, 0.2) is 0 Å². The molecule has 0 spiro atoms. The Hall–Kier alpha value is -0.918. The zero-order valence-corrected chi connectivity index (χ0v) is 15.3. The van der Waals surface area contributed by atoms with Gasteiger partial charge in [0.25, 0.3) is 0 Å². The summed E-state index contributed by atoms with van der Waals surface area (Å²) in [5.41, 5.74) is 4.11. The van der Waals surface area contributed by atoms with Gasteiger partial charge in [0.1, 0.15) is 0 Å². The van der Waals surface area contributed by atoms with E-state index in [1.165, 1.54) is 16.7 Å². The molecule has 1 rings (SSSR count). The smallest absolute Gasteiger partial charge is 0.550 e. The third-order valence-electron chi connectivity index (χ3n) is 1.66. The molecule has 0 heterocycles. The fraction of sp³-hybridized carbons (Fsp3) is 0.385. The van der Waals surface area contributed by atoms with E-state index in [4.69, 9.17) is 19.8 Å². The summed E-state index contributed by atoms with van der Waals surface area (Å²) in [6.45, 7) is 8.34. The third kappa shape index (κ3) is 20.5. The first-order valence-electron chi connectivity index (χ1n) is 5.05. The monoisotopic (exact) mass is 446 g/mol. The van der Waals surface area contributed by atoms with Gasteiger partial charge in [-0.05, 0) is 45.7 Å². The number of hydrogen-bond acceptors (Lipinski definition) is 4. The third-order valence-corrected chi connectivity index (χ3v) is 1.66. The molecule has 0 amide bonds. The molecule has 0 saturated heterocycles. The van der Waals surface area contributed by atoms with Crippen molar-refractivity contribution in [3.05, 3.63) is 34.9 Å². The van der Waals surface area contributed by atoms with Gasteiger partial charge >= 0.3 is 27.3 Å². The summed E-state index contributed by atoms with van der Waals surface area (Å²) in [6.07, 6.45) is 0. The van der Waals surface area contributed by atoms with Crippen LogP contribution in [0, 0.1) is 20.8 Å². The fourth-order valence-corrected chi connectivity index (χ4v) is 0.891. The van der Waals surface area contributed by atoms with E-state index in [-0.39, 0.29) is 27.3 Å². The van der Waals surface area contributed by atoms with E-state index in [0.717, 1.165) is 13.8 Å². The van der Waals surface area contributed by atoms with Gasteiger partial charge in [0.05, 0.1) is 0 Å². The maximum Gasteiger partial charge on any atom is 2.00 e. The predicted molar refractivity (Wildman–Crippen MR) is 67.8 cm³/mol. The van der Waals surface area contributed by atoms with Crippen LogP contribution in [-0.4, -0.2) is 39.2 Å². The van der Waals surface area contributed by atoms with Crippen molar-refractivity contribution < 1.29 is 19.8 Å². The SMILES string of the molecule is CC(=O)[O-].CC(=O)[O-].Cc1ccc(C)c(C)c1.[Pb+2]. The molecule has 98 valence electrons. The number of carbonyl (C=O) groups is 2. The molecule has 0 aliphatic rings. The summed E-state index contributed by atoms with van der Waals surface area (Å²) in [7, 11) is 0. The maximum atomic E-state index is 8.89. The van der Waals surface area contributed by atoms with Crippen LogP contribution in [0.5, 0.6) is 0 Å². The molecule has 1 aromatic carbocycles. The van der Waals surface area contributed by atoms with E-state index in [9.17, 15) is 0 Å². The van der Waals surface area contributed by atoms with Crippen LogP contribution in [0.15, 0.2) is 18.2 Å². The normalized spacial score (nSPS) is 7.61. The Kier molecular flexibility index (Phi) is 15.5. The second-order valence-electron chi connectivity index (χ2n) is 3.57. The average molecular weight is 445 g/mol. The molecular formula is C13H18O4Pb. The van der Waals surface area contributed by atoms with E-state index in [0.29, 0.717) is 0 Å². The van der Waals surface area contributed by atoms with Crippen LogP contribution in [0.2, 0.25) is 0 Å². The second kappa shape index (κ2) is 12.5. The van der Waals surface area contributed by atoms with E-state index < -0.39 is 11.9 Å². The largest absolute Gasteiger partial charge is 2.00 e. The van der Waals surface area contributed by atoms with Crippen molar-refractivity contribution in [1.29, 1.82) is 0 Å². The maximum absolute atomic E-state index is 8.89. The minimum Gasteiger partial charge on any atom is -0.550 e. The van der Waals surface area contributed by atoms with Gasteiger partial charge in [0, 0.05) is 11.9 Å². The van der Waals surface area contributed by atoms with Gasteiger partial charge in [-0.25, -0.2) is 0 Å². The van der Waals surface area contributed by atoms with Crippen molar-refractivity contribution in [2.24, 2.45) is 0 Å². The van der Waals surface area contributed by atoms with Gasteiger partial charge < -0.3 is 19.8 Å². The first kappa shape index (κ1) is 22.3. The average Bonchev–Trinajstić information content (AvgIpc) is 2.10. The van der Waals surface area contributed by atoms with Gasteiger partial charge in [-0.2, -0.15) is 0 Å². The van der Waals surface area contributed by atoms with E-state index in [2.05, 4.69) is 39.0 Å². The second-order valence-corrected chi connectivity index (χ2v) is 3.57. The van der Waals surface area contributed by atoms with Crippen LogP contribution in [0.4, 0.5) is 0 Å². The molecule has 2 radical (unpaired) electrons. The molecule has 0 bridgehead atoms. The fourth-order valence-electron chi connectivity index (χ4n) is 0.891. The van der Waals surface area contributed by atoms with E-state index >= 15 is 0 Å². The van der Waals surface area contributed by atoms with Crippen LogP contribution < -0.4 is 10.2 Å². The Balaban J connectivity index is -0.000000214. The van der Waals surface area contributed by atoms with E-state index in [1.807, 2.05) is 0 Å². The van der Waals surface area contributed by atoms with Crippen molar-refractivity contribution >= 4 is 39.2 Å². The van der Waals surface area contributed by atoms with Crippen molar-refractivity contribution in [1.82, 2.24) is 0 Å². The van der Waals surface area contributed by atoms with E-state index in [1.54, 1.807) is 0 Å². The minimum atomic E-state index is -1.08. The molecule has 0 aromatic heterocycles. The summed E-state index contributed by atoms with van der Waals surface area (Å²) < 4.78 is 0. The van der Waals surface area contributed by atoms with Gasteiger partial charge in [-0.15, -0.1) is 0 Å². The molecule has 0 aliphatic heterocycles. The van der Waals surface area contributed by atoms with Crippen LogP contribution in [-0.2, 0) is 9.59 Å². The summed E-state index contributed by atoms with van der Waals surface area (Å²) in [5.74, 6) is -2.17. The summed E-state index contributed by atoms with van der Waals surface area (Å²) in [5, 5.41) is 17.8. The Labute approximate surface area is 128 Å². The molecule has 1 aromatic rings. The predicted octanol–water partition coefficient (Wildman–Crippen LogP) is -0.257. The van der Waals surface area contributed by atoms with Crippen molar-refractivity contribution in [3.8, 4) is 0 Å². The molecule has 5 heteroatoms. The summed E-state index contributed by atoms with van der Waals surface area (Å²) in [4.78, 5) is 17.8. The zero-order chi connectivity index (χ0) is 14.0. The number of aliphatic carboxylic acids is 2. The minimum absolute atomic E-state index is 0. The Morgan fingerprint density at radius 1 is 0.889 bits per heavy atom. The molecule has 4 nitrogen and oxygen atoms in total. The number of aryl methyl sites for hydroxylation is 3. The molecule has 18 heavy (non-hydrogen) atoms. The van der Waals surface area contributed by atoms with Crippen molar-refractivity contribution in [2.75, 3.05) is 0 Å². The summed E-state index contributed by atoms with van der Waals surface area (Å²) >= 11 is 0. The number of carboxylic acid groups (broad SMARTS) is 2. The first-order chi connectivity index (χ1) is 7.66. The van der Waals surface area contributed by atoms with Crippen LogP contribution in [0.3, 0.4) is 0 Å².